The summed E-state index contributed by atoms with van der Waals surface area (Å²) in [7, 11) is 0. The molecule has 2 heterocycles. The molecule has 0 spiro atoms. The zero-order chi connectivity index (χ0) is 29.1. The number of aryl methyl sites for hydroxylation is 4. The van der Waals surface area contributed by atoms with Crippen molar-refractivity contribution in [2.75, 3.05) is 0 Å². The highest BCUT2D eigenvalue weighted by Crippen LogP contribution is 2.24. The molecule has 0 aliphatic heterocycles. The van der Waals surface area contributed by atoms with Gasteiger partial charge in [0.25, 0.3) is 0 Å². The van der Waals surface area contributed by atoms with Crippen LogP contribution in [0.15, 0.2) is 83.4 Å². The second-order valence-corrected chi connectivity index (χ2v) is 10.3. The molecule has 7 nitrogen and oxygen atoms in total. The Hall–Kier alpha value is -4.51. The normalized spacial score (nSPS) is 12.1. The van der Waals surface area contributed by atoms with Crippen molar-refractivity contribution < 1.29 is 22.7 Å². The summed E-state index contributed by atoms with van der Waals surface area (Å²) in [4.78, 5) is 22.2. The van der Waals surface area contributed by atoms with Crippen LogP contribution in [-0.4, -0.2) is 31.6 Å². The van der Waals surface area contributed by atoms with E-state index >= 15 is 0 Å². The Morgan fingerprint density at radius 1 is 0.976 bits per heavy atom. The lowest BCUT2D eigenvalue weighted by Crippen LogP contribution is -2.18. The average Bonchev–Trinajstić information content (AvgIpc) is 3.55. The molecule has 5 rings (SSSR count). The van der Waals surface area contributed by atoms with Gasteiger partial charge in [-0.1, -0.05) is 42.5 Å². The molecule has 11 heteroatoms. The summed E-state index contributed by atoms with van der Waals surface area (Å²) in [5.74, 6) is -0.0418. The Labute approximate surface area is 238 Å². The predicted octanol–water partition coefficient (Wildman–Crippen LogP) is 6.67. The van der Waals surface area contributed by atoms with E-state index in [1.54, 1.807) is 0 Å². The molecule has 210 valence electrons. The highest BCUT2D eigenvalue weighted by atomic mass is 32.1. The predicted molar refractivity (Wildman–Crippen MR) is 150 cm³/mol. The molecule has 0 fully saturated rings. The molecule has 0 unspecified atom stereocenters. The van der Waals surface area contributed by atoms with E-state index in [1.165, 1.54) is 46.6 Å². The molecular weight excluding hydrogens is 551 g/mol. The molecule has 0 saturated carbocycles. The van der Waals surface area contributed by atoms with Gasteiger partial charge < -0.3 is 4.74 Å². The molecule has 0 radical (unpaired) electrons. The molecule has 3 aromatic carbocycles. The first-order valence-corrected chi connectivity index (χ1v) is 13.6. The van der Waals surface area contributed by atoms with Gasteiger partial charge in [-0.3, -0.25) is 9.36 Å². The van der Waals surface area contributed by atoms with Gasteiger partial charge in [0.2, 0.25) is 5.91 Å². The average molecular weight is 578 g/mol. The third kappa shape index (κ3) is 6.63. The summed E-state index contributed by atoms with van der Waals surface area (Å²) in [5, 5.41) is 6.43. The lowest BCUT2D eigenvalue weighted by Gasteiger charge is -2.12. The fourth-order valence-corrected chi connectivity index (χ4v) is 5.33. The van der Waals surface area contributed by atoms with Crippen LogP contribution in [0.1, 0.15) is 28.8 Å². The third-order valence-corrected chi connectivity index (χ3v) is 7.37. The quantitative estimate of drug-likeness (QED) is 0.217. The van der Waals surface area contributed by atoms with E-state index < -0.39 is 6.36 Å². The molecule has 5 aromatic rings. The summed E-state index contributed by atoms with van der Waals surface area (Å²) in [6, 6.07) is 19.1. The van der Waals surface area contributed by atoms with Gasteiger partial charge in [-0.2, -0.15) is 4.99 Å². The first kappa shape index (κ1) is 28.0. The standard InChI is InChI=1S/C30H26F3N5O2S/c1-19-5-4-6-20(2)27(19)38-21(3)17-41-29(38)35-26(39)16-9-22-7-10-23(11-8-22)28-34-18-37(36-28)24-12-14-25(15-13-24)40-30(31,32)33/h4-8,10-15,17-18H,9,16H2,1-3H3. The lowest BCUT2D eigenvalue weighted by atomic mass is 10.1. The number of aromatic nitrogens is 4. The highest BCUT2D eigenvalue weighted by Gasteiger charge is 2.31. The number of hydrogen-bond acceptors (Lipinski definition) is 5. The Kier molecular flexibility index (Phi) is 7.89. The Morgan fingerprint density at radius 3 is 2.32 bits per heavy atom. The van der Waals surface area contributed by atoms with Crippen LogP contribution in [0, 0.1) is 20.8 Å². The summed E-state index contributed by atoms with van der Waals surface area (Å²) < 4.78 is 44.6. The minimum Gasteiger partial charge on any atom is -0.406 e. The van der Waals surface area contributed by atoms with Crippen LogP contribution in [-0.2, 0) is 11.2 Å². The molecular formula is C30H26F3N5O2S. The summed E-state index contributed by atoms with van der Waals surface area (Å²) >= 11 is 1.45. The number of benzene rings is 3. The first-order valence-electron chi connectivity index (χ1n) is 12.8. The molecule has 41 heavy (non-hydrogen) atoms. The molecule has 0 N–H and O–H groups in total. The molecule has 0 saturated heterocycles. The largest absolute Gasteiger partial charge is 0.573 e. The molecule has 0 aliphatic rings. The lowest BCUT2D eigenvalue weighted by molar-refractivity contribution is -0.274. The van der Waals surface area contributed by atoms with E-state index in [9.17, 15) is 18.0 Å². The SMILES string of the molecule is Cc1cccc(C)c1-n1c(C)csc1=NC(=O)CCc1ccc(-c2ncn(-c3ccc(OC(F)(F)F)cc3)n2)cc1. The monoisotopic (exact) mass is 577 g/mol. The Morgan fingerprint density at radius 2 is 1.66 bits per heavy atom. The zero-order valence-electron chi connectivity index (χ0n) is 22.5. The third-order valence-electron chi connectivity index (χ3n) is 6.43. The van der Waals surface area contributed by atoms with Crippen molar-refractivity contribution in [3.05, 3.63) is 106 Å². The molecule has 1 amide bonds. The number of ether oxygens (including phenoxy) is 1. The van der Waals surface area contributed by atoms with Crippen molar-refractivity contribution in [3.8, 4) is 28.5 Å². The number of carbonyl (C=O) groups is 1. The number of thiazole rings is 1. The number of rotatable bonds is 7. The fraction of sp³-hybridized carbons (Fsp3) is 0.200. The van der Waals surface area contributed by atoms with Gasteiger partial charge in [0.05, 0.1) is 11.4 Å². The molecule has 0 bridgehead atoms. The number of carbonyl (C=O) groups excluding carboxylic acids is 1. The van der Waals surface area contributed by atoms with Crippen LogP contribution in [0.5, 0.6) is 5.75 Å². The van der Waals surface area contributed by atoms with Crippen LogP contribution < -0.4 is 9.54 Å². The van der Waals surface area contributed by atoms with E-state index in [2.05, 4.69) is 45.8 Å². The zero-order valence-corrected chi connectivity index (χ0v) is 23.3. The van der Waals surface area contributed by atoms with Crippen LogP contribution in [0.3, 0.4) is 0 Å². The number of nitrogens with zero attached hydrogens (tertiary/aromatic N) is 5. The van der Waals surface area contributed by atoms with Crippen molar-refractivity contribution in [2.45, 2.75) is 40.0 Å². The molecule has 0 atom stereocenters. The second kappa shape index (κ2) is 11.5. The van der Waals surface area contributed by atoms with Crippen LogP contribution in [0.2, 0.25) is 0 Å². The van der Waals surface area contributed by atoms with Crippen LogP contribution in [0.25, 0.3) is 22.8 Å². The first-order chi connectivity index (χ1) is 19.6. The smallest absolute Gasteiger partial charge is 0.406 e. The minimum atomic E-state index is -4.75. The van der Waals surface area contributed by atoms with Gasteiger partial charge >= 0.3 is 6.36 Å². The number of amides is 1. The Balaban J connectivity index is 1.24. The topological polar surface area (TPSA) is 74.3 Å². The summed E-state index contributed by atoms with van der Waals surface area (Å²) in [6.07, 6.45) is -2.46. The van der Waals surface area contributed by atoms with Crippen molar-refractivity contribution >= 4 is 17.2 Å². The van der Waals surface area contributed by atoms with Gasteiger partial charge in [-0.05, 0) is 68.1 Å². The van der Waals surface area contributed by atoms with Gasteiger partial charge in [0.15, 0.2) is 10.6 Å². The van der Waals surface area contributed by atoms with Gasteiger partial charge in [0, 0.05) is 23.1 Å². The number of halogens is 3. The van der Waals surface area contributed by atoms with E-state index in [0.717, 1.165) is 33.6 Å². The number of hydrogen-bond donors (Lipinski definition) is 0. The minimum absolute atomic E-state index is 0.192. The van der Waals surface area contributed by atoms with Gasteiger partial charge in [0.1, 0.15) is 12.1 Å². The number of para-hydroxylation sites is 1. The van der Waals surface area contributed by atoms with Crippen molar-refractivity contribution in [3.63, 3.8) is 0 Å². The second-order valence-electron chi connectivity index (χ2n) is 9.49. The van der Waals surface area contributed by atoms with Crippen molar-refractivity contribution in [1.29, 1.82) is 0 Å². The maximum absolute atomic E-state index is 12.8. The molecule has 0 aliphatic carbocycles. The molecule has 2 aromatic heterocycles. The van der Waals surface area contributed by atoms with E-state index in [1.807, 2.05) is 47.2 Å². The highest BCUT2D eigenvalue weighted by molar-refractivity contribution is 7.07. The van der Waals surface area contributed by atoms with Gasteiger partial charge in [-0.25, -0.2) is 9.67 Å². The van der Waals surface area contributed by atoms with E-state index in [0.29, 0.717) is 22.7 Å². The summed E-state index contributed by atoms with van der Waals surface area (Å²) in [5.41, 5.74) is 6.60. The maximum atomic E-state index is 12.8. The number of alkyl halides is 3. The summed E-state index contributed by atoms with van der Waals surface area (Å²) in [6.45, 7) is 6.11. The van der Waals surface area contributed by atoms with E-state index in [-0.39, 0.29) is 18.1 Å². The van der Waals surface area contributed by atoms with Crippen LogP contribution >= 0.6 is 11.3 Å². The van der Waals surface area contributed by atoms with E-state index in [4.69, 9.17) is 0 Å². The van der Waals surface area contributed by atoms with Crippen molar-refractivity contribution in [2.24, 2.45) is 4.99 Å². The Bertz CT molecular complexity index is 1730. The van der Waals surface area contributed by atoms with Gasteiger partial charge in [-0.15, -0.1) is 29.6 Å². The fourth-order valence-electron chi connectivity index (χ4n) is 4.46. The maximum Gasteiger partial charge on any atom is 0.573 e. The van der Waals surface area contributed by atoms with Crippen molar-refractivity contribution in [1.82, 2.24) is 19.3 Å². The van der Waals surface area contributed by atoms with Crippen LogP contribution in [0.4, 0.5) is 13.2 Å².